The van der Waals surface area contributed by atoms with Gasteiger partial charge in [-0.2, -0.15) is 0 Å². The van der Waals surface area contributed by atoms with Crippen LogP contribution in [-0.4, -0.2) is 29.5 Å². The molecule has 0 fully saturated rings. The van der Waals surface area contributed by atoms with E-state index < -0.39 is 0 Å². The number of hydrogen-bond donors (Lipinski definition) is 2. The SMILES string of the molecule is CN=C(NCCCCc1ccc([N+](=O)[O-])cc1)NCc1ccccn1.I. The first-order valence-corrected chi connectivity index (χ1v) is 8.27. The summed E-state index contributed by atoms with van der Waals surface area (Å²) in [6.45, 7) is 1.44. The minimum absolute atomic E-state index is 0. The highest BCUT2D eigenvalue weighted by Gasteiger charge is 2.04. The summed E-state index contributed by atoms with van der Waals surface area (Å²) in [4.78, 5) is 18.7. The summed E-state index contributed by atoms with van der Waals surface area (Å²) >= 11 is 0. The molecule has 7 nitrogen and oxygen atoms in total. The van der Waals surface area contributed by atoms with Gasteiger partial charge in [0.05, 0.1) is 17.2 Å². The first-order valence-electron chi connectivity index (χ1n) is 8.27. The Hall–Kier alpha value is -2.23. The number of nitro benzene ring substituents is 1. The number of nitrogens with one attached hydrogen (secondary N) is 2. The fourth-order valence-corrected chi connectivity index (χ4v) is 2.34. The smallest absolute Gasteiger partial charge is 0.269 e. The molecule has 1 aromatic heterocycles. The van der Waals surface area contributed by atoms with Gasteiger partial charge in [0.2, 0.25) is 0 Å². The van der Waals surface area contributed by atoms with Gasteiger partial charge in [0.25, 0.3) is 5.69 Å². The quantitative estimate of drug-likeness (QED) is 0.155. The monoisotopic (exact) mass is 469 g/mol. The Balaban J connectivity index is 0.00000338. The first-order chi connectivity index (χ1) is 12.2. The third-order valence-corrected chi connectivity index (χ3v) is 3.72. The molecule has 0 radical (unpaired) electrons. The molecule has 26 heavy (non-hydrogen) atoms. The van der Waals surface area contributed by atoms with Gasteiger partial charge in [-0.15, -0.1) is 24.0 Å². The van der Waals surface area contributed by atoms with Crippen LogP contribution < -0.4 is 10.6 Å². The highest BCUT2D eigenvalue weighted by molar-refractivity contribution is 14.0. The summed E-state index contributed by atoms with van der Waals surface area (Å²) in [6, 6.07) is 12.6. The number of hydrogen-bond acceptors (Lipinski definition) is 4. The molecule has 0 bridgehead atoms. The van der Waals surface area contributed by atoms with Crippen LogP contribution in [0.1, 0.15) is 24.1 Å². The van der Waals surface area contributed by atoms with Gasteiger partial charge >= 0.3 is 0 Å². The molecule has 0 saturated carbocycles. The molecule has 0 amide bonds. The summed E-state index contributed by atoms with van der Waals surface area (Å²) in [6.07, 6.45) is 4.66. The molecule has 1 aromatic carbocycles. The number of guanidine groups is 1. The van der Waals surface area contributed by atoms with Gasteiger partial charge in [-0.1, -0.05) is 18.2 Å². The maximum absolute atomic E-state index is 10.6. The third-order valence-electron chi connectivity index (χ3n) is 3.72. The van der Waals surface area contributed by atoms with E-state index in [-0.39, 0.29) is 34.6 Å². The molecular formula is C18H24IN5O2. The van der Waals surface area contributed by atoms with Crippen molar-refractivity contribution in [2.45, 2.75) is 25.8 Å². The Kier molecular flexibility index (Phi) is 10.2. The van der Waals surface area contributed by atoms with Crippen LogP contribution in [0, 0.1) is 10.1 Å². The molecule has 0 aliphatic rings. The Labute approximate surface area is 170 Å². The molecule has 140 valence electrons. The summed E-state index contributed by atoms with van der Waals surface area (Å²) in [5.74, 6) is 0.751. The topological polar surface area (TPSA) is 92.5 Å². The summed E-state index contributed by atoms with van der Waals surface area (Å²) in [7, 11) is 1.74. The molecule has 8 heteroatoms. The second-order valence-corrected chi connectivity index (χ2v) is 5.55. The number of unbranched alkanes of at least 4 members (excludes halogenated alkanes) is 1. The van der Waals surface area contributed by atoms with Crippen molar-refractivity contribution in [3.05, 3.63) is 70.0 Å². The van der Waals surface area contributed by atoms with Gasteiger partial charge < -0.3 is 10.6 Å². The fourth-order valence-electron chi connectivity index (χ4n) is 2.34. The zero-order valence-electron chi connectivity index (χ0n) is 14.7. The van der Waals surface area contributed by atoms with E-state index in [4.69, 9.17) is 0 Å². The molecule has 0 saturated heterocycles. The lowest BCUT2D eigenvalue weighted by molar-refractivity contribution is -0.384. The third kappa shape index (κ3) is 7.77. The van der Waals surface area contributed by atoms with E-state index in [1.807, 2.05) is 30.3 Å². The molecule has 0 aliphatic heterocycles. The summed E-state index contributed by atoms with van der Waals surface area (Å²) in [5.41, 5.74) is 2.21. The summed E-state index contributed by atoms with van der Waals surface area (Å²) in [5, 5.41) is 17.1. The Morgan fingerprint density at radius 2 is 1.92 bits per heavy atom. The molecule has 0 atom stereocenters. The Morgan fingerprint density at radius 1 is 1.15 bits per heavy atom. The average Bonchev–Trinajstić information content (AvgIpc) is 2.65. The highest BCUT2D eigenvalue weighted by Crippen LogP contribution is 2.13. The number of aromatic nitrogens is 1. The maximum atomic E-state index is 10.6. The number of nitro groups is 1. The minimum Gasteiger partial charge on any atom is -0.356 e. The van der Waals surface area contributed by atoms with Gasteiger partial charge in [-0.3, -0.25) is 20.1 Å². The lowest BCUT2D eigenvalue weighted by Gasteiger charge is -2.11. The van der Waals surface area contributed by atoms with Crippen LogP contribution in [0.25, 0.3) is 0 Å². The van der Waals surface area contributed by atoms with Crippen LogP contribution in [0.3, 0.4) is 0 Å². The molecule has 2 aromatic rings. The molecule has 0 unspecified atom stereocenters. The zero-order valence-corrected chi connectivity index (χ0v) is 17.1. The van der Waals surface area contributed by atoms with E-state index in [0.717, 1.165) is 43.0 Å². The molecule has 0 aliphatic carbocycles. The lowest BCUT2D eigenvalue weighted by atomic mass is 10.1. The van der Waals surface area contributed by atoms with Gasteiger partial charge in [-0.05, 0) is 37.0 Å². The predicted molar refractivity (Wildman–Crippen MR) is 114 cm³/mol. The number of aliphatic imine (C=N–C) groups is 1. The van der Waals surface area contributed by atoms with Crippen LogP contribution in [0.15, 0.2) is 53.7 Å². The van der Waals surface area contributed by atoms with E-state index >= 15 is 0 Å². The van der Waals surface area contributed by atoms with Crippen LogP contribution in [0.4, 0.5) is 5.69 Å². The molecule has 2 rings (SSSR count). The number of benzene rings is 1. The number of pyridine rings is 1. The first kappa shape index (κ1) is 21.8. The van der Waals surface area contributed by atoms with Crippen molar-refractivity contribution in [3.63, 3.8) is 0 Å². The average molecular weight is 469 g/mol. The second kappa shape index (κ2) is 12.2. The van der Waals surface area contributed by atoms with E-state index in [2.05, 4.69) is 20.6 Å². The van der Waals surface area contributed by atoms with Gasteiger partial charge in [0.1, 0.15) is 0 Å². The van der Waals surface area contributed by atoms with Crippen LogP contribution in [-0.2, 0) is 13.0 Å². The van der Waals surface area contributed by atoms with Crippen LogP contribution in [0.5, 0.6) is 0 Å². The lowest BCUT2D eigenvalue weighted by Crippen LogP contribution is -2.37. The van der Waals surface area contributed by atoms with Crippen molar-refractivity contribution in [2.75, 3.05) is 13.6 Å². The van der Waals surface area contributed by atoms with Gasteiger partial charge in [0, 0.05) is 31.9 Å². The van der Waals surface area contributed by atoms with Crippen molar-refractivity contribution in [3.8, 4) is 0 Å². The number of aryl methyl sites for hydroxylation is 1. The van der Waals surface area contributed by atoms with E-state index in [0.29, 0.717) is 6.54 Å². The van der Waals surface area contributed by atoms with Crippen LogP contribution >= 0.6 is 24.0 Å². The number of non-ortho nitro benzene ring substituents is 1. The minimum atomic E-state index is -0.378. The van der Waals surface area contributed by atoms with Gasteiger partial charge in [0.15, 0.2) is 5.96 Å². The second-order valence-electron chi connectivity index (χ2n) is 5.55. The number of halogens is 1. The van der Waals surface area contributed by atoms with E-state index in [1.54, 1.807) is 25.4 Å². The van der Waals surface area contributed by atoms with Crippen LogP contribution in [0.2, 0.25) is 0 Å². The van der Waals surface area contributed by atoms with Crippen molar-refractivity contribution in [2.24, 2.45) is 4.99 Å². The number of rotatable bonds is 8. The molecular weight excluding hydrogens is 445 g/mol. The zero-order chi connectivity index (χ0) is 17.9. The molecule has 0 spiro atoms. The Morgan fingerprint density at radius 3 is 2.54 bits per heavy atom. The molecule has 1 heterocycles. The van der Waals surface area contributed by atoms with E-state index in [9.17, 15) is 10.1 Å². The summed E-state index contributed by atoms with van der Waals surface area (Å²) < 4.78 is 0. The van der Waals surface area contributed by atoms with E-state index in [1.165, 1.54) is 0 Å². The maximum Gasteiger partial charge on any atom is 0.269 e. The fraction of sp³-hybridized carbons (Fsp3) is 0.333. The predicted octanol–water partition coefficient (Wildman–Crippen LogP) is 3.30. The van der Waals surface area contributed by atoms with Crippen molar-refractivity contribution < 1.29 is 4.92 Å². The van der Waals surface area contributed by atoms with Crippen molar-refractivity contribution in [1.82, 2.24) is 15.6 Å². The van der Waals surface area contributed by atoms with Crippen molar-refractivity contribution in [1.29, 1.82) is 0 Å². The normalized spacial score (nSPS) is 10.7. The van der Waals surface area contributed by atoms with Gasteiger partial charge in [-0.25, -0.2) is 0 Å². The Bertz CT molecular complexity index is 692. The highest BCUT2D eigenvalue weighted by atomic mass is 127. The standard InChI is InChI=1S/C18H23N5O2.HI/c1-19-18(22-14-16-7-3-5-12-20-16)21-13-4-2-6-15-8-10-17(11-9-15)23(24)25;/h3,5,7-12H,2,4,6,13-14H2,1H3,(H2,19,21,22);1H. The molecule has 2 N–H and O–H groups in total. The largest absolute Gasteiger partial charge is 0.356 e. The van der Waals surface area contributed by atoms with Crippen molar-refractivity contribution >= 4 is 35.6 Å². The number of nitrogens with zero attached hydrogens (tertiary/aromatic N) is 3.